The van der Waals surface area contributed by atoms with Crippen molar-refractivity contribution in [2.45, 2.75) is 13.3 Å². The first-order valence-electron chi connectivity index (χ1n) is 6.03. The average Bonchev–Trinajstić information content (AvgIpc) is 2.36. The van der Waals surface area contributed by atoms with E-state index in [1.54, 1.807) is 0 Å². The monoisotopic (exact) mass is 297 g/mol. The van der Waals surface area contributed by atoms with Crippen LogP contribution in [0.25, 0.3) is 0 Å². The van der Waals surface area contributed by atoms with E-state index in [4.69, 9.17) is 12.2 Å². The Hall–Kier alpha value is -1.27. The fourth-order valence-corrected chi connectivity index (χ4v) is 2.09. The first kappa shape index (κ1) is 15.8. The van der Waals surface area contributed by atoms with Crippen LogP contribution in [0.15, 0.2) is 24.3 Å². The van der Waals surface area contributed by atoms with Gasteiger partial charge in [-0.15, -0.1) is 0 Å². The van der Waals surface area contributed by atoms with Crippen LogP contribution in [0, 0.1) is 0 Å². The van der Waals surface area contributed by atoms with Crippen LogP contribution in [-0.2, 0) is 4.79 Å². The van der Waals surface area contributed by atoms with E-state index in [1.165, 1.54) is 6.92 Å². The topological polar surface area (TPSA) is 53.2 Å². The van der Waals surface area contributed by atoms with Gasteiger partial charge in [-0.05, 0) is 54.9 Å². The van der Waals surface area contributed by atoms with Crippen LogP contribution in [0.1, 0.15) is 13.3 Å². The van der Waals surface area contributed by atoms with Gasteiger partial charge in [-0.1, -0.05) is 0 Å². The fraction of sp³-hybridized carbons (Fsp3) is 0.385. The lowest BCUT2D eigenvalue weighted by Crippen LogP contribution is -2.29. The molecule has 0 unspecified atom stereocenters. The van der Waals surface area contributed by atoms with E-state index in [0.29, 0.717) is 5.11 Å². The number of nitrogens with one attached hydrogen (secondary N) is 3. The van der Waals surface area contributed by atoms with Crippen molar-refractivity contribution < 1.29 is 4.79 Å². The van der Waals surface area contributed by atoms with Crippen LogP contribution < -0.4 is 16.0 Å². The lowest BCUT2D eigenvalue weighted by atomic mass is 10.3. The first-order chi connectivity index (χ1) is 9.11. The van der Waals surface area contributed by atoms with E-state index in [-0.39, 0.29) is 5.91 Å². The molecule has 0 bridgehead atoms. The number of rotatable bonds is 6. The zero-order valence-corrected chi connectivity index (χ0v) is 12.8. The summed E-state index contributed by atoms with van der Waals surface area (Å²) < 4.78 is 0. The fourth-order valence-electron chi connectivity index (χ4n) is 1.43. The number of carbonyl (C=O) groups is 1. The zero-order chi connectivity index (χ0) is 14.1. The summed E-state index contributed by atoms with van der Waals surface area (Å²) in [7, 11) is 0. The van der Waals surface area contributed by atoms with Crippen molar-refractivity contribution in [1.82, 2.24) is 5.32 Å². The van der Waals surface area contributed by atoms with Crippen molar-refractivity contribution >= 4 is 46.4 Å². The molecule has 0 aromatic heterocycles. The largest absolute Gasteiger partial charge is 0.362 e. The van der Waals surface area contributed by atoms with E-state index in [1.807, 2.05) is 36.0 Å². The highest BCUT2D eigenvalue weighted by molar-refractivity contribution is 7.98. The smallest absolute Gasteiger partial charge is 0.221 e. The van der Waals surface area contributed by atoms with Crippen molar-refractivity contribution in [3.63, 3.8) is 0 Å². The minimum absolute atomic E-state index is 0.0771. The maximum Gasteiger partial charge on any atom is 0.221 e. The van der Waals surface area contributed by atoms with Crippen LogP contribution in [-0.4, -0.2) is 29.6 Å². The van der Waals surface area contributed by atoms with Crippen LogP contribution >= 0.6 is 24.0 Å². The number of thiocarbonyl (C=S) groups is 1. The molecule has 19 heavy (non-hydrogen) atoms. The maximum absolute atomic E-state index is 10.9. The molecule has 3 N–H and O–H groups in total. The molecular formula is C13H19N3OS2. The van der Waals surface area contributed by atoms with Crippen LogP contribution in [0.4, 0.5) is 11.4 Å². The van der Waals surface area contributed by atoms with Gasteiger partial charge in [0.15, 0.2) is 5.11 Å². The maximum atomic E-state index is 10.9. The number of hydrogen-bond donors (Lipinski definition) is 3. The molecule has 4 nitrogen and oxygen atoms in total. The van der Waals surface area contributed by atoms with E-state index >= 15 is 0 Å². The van der Waals surface area contributed by atoms with E-state index < -0.39 is 0 Å². The number of hydrogen-bond acceptors (Lipinski definition) is 3. The molecule has 0 saturated heterocycles. The number of anilines is 2. The molecular weight excluding hydrogens is 278 g/mol. The van der Waals surface area contributed by atoms with E-state index in [0.717, 1.165) is 30.1 Å². The van der Waals surface area contributed by atoms with Gasteiger partial charge < -0.3 is 16.0 Å². The first-order valence-corrected chi connectivity index (χ1v) is 7.83. The highest BCUT2D eigenvalue weighted by atomic mass is 32.2. The van der Waals surface area contributed by atoms with Gasteiger partial charge in [0.1, 0.15) is 0 Å². The number of carbonyl (C=O) groups excluding carboxylic acids is 1. The lowest BCUT2D eigenvalue weighted by molar-refractivity contribution is -0.114. The molecule has 0 heterocycles. The third-order valence-corrected chi connectivity index (χ3v) is 3.22. The molecule has 0 atom stereocenters. The van der Waals surface area contributed by atoms with Crippen molar-refractivity contribution in [2.75, 3.05) is 29.2 Å². The molecule has 0 fully saturated rings. The number of thioether (sulfide) groups is 1. The van der Waals surface area contributed by atoms with Gasteiger partial charge in [-0.3, -0.25) is 4.79 Å². The van der Waals surface area contributed by atoms with Gasteiger partial charge in [0.25, 0.3) is 0 Å². The summed E-state index contributed by atoms with van der Waals surface area (Å²) in [5.41, 5.74) is 1.67. The molecule has 1 amide bonds. The molecule has 0 radical (unpaired) electrons. The molecule has 104 valence electrons. The standard InChI is InChI=1S/C13H19N3OS2/c1-10(17)15-11-4-6-12(7-5-11)16-13(18)14-8-3-9-19-2/h4-7H,3,8-9H2,1-2H3,(H,15,17)(H2,14,16,18). The molecule has 0 aliphatic carbocycles. The van der Waals surface area contributed by atoms with Gasteiger partial charge in [0, 0.05) is 24.8 Å². The Bertz CT molecular complexity index is 420. The third-order valence-electron chi connectivity index (χ3n) is 2.27. The predicted octanol–water partition coefficient (Wildman–Crippen LogP) is 2.68. The lowest BCUT2D eigenvalue weighted by Gasteiger charge is -2.10. The van der Waals surface area contributed by atoms with Gasteiger partial charge >= 0.3 is 0 Å². The van der Waals surface area contributed by atoms with Crippen molar-refractivity contribution in [2.24, 2.45) is 0 Å². The minimum Gasteiger partial charge on any atom is -0.362 e. The SMILES string of the molecule is CSCCCNC(=S)Nc1ccc(NC(C)=O)cc1. The summed E-state index contributed by atoms with van der Waals surface area (Å²) in [5, 5.41) is 9.59. The summed E-state index contributed by atoms with van der Waals surface area (Å²) in [4.78, 5) is 10.9. The summed E-state index contributed by atoms with van der Waals surface area (Å²) >= 11 is 7.02. The number of benzene rings is 1. The summed E-state index contributed by atoms with van der Waals surface area (Å²) in [5.74, 6) is 1.05. The van der Waals surface area contributed by atoms with Gasteiger partial charge in [0.2, 0.25) is 5.91 Å². The molecule has 0 aliphatic heterocycles. The second kappa shape index (κ2) is 8.77. The molecule has 6 heteroatoms. The molecule has 0 spiro atoms. The van der Waals surface area contributed by atoms with Crippen LogP contribution in [0.3, 0.4) is 0 Å². The second-order valence-electron chi connectivity index (χ2n) is 3.99. The van der Waals surface area contributed by atoms with Crippen molar-refractivity contribution in [3.05, 3.63) is 24.3 Å². The second-order valence-corrected chi connectivity index (χ2v) is 5.38. The molecule has 0 saturated carbocycles. The molecule has 1 aromatic rings. The predicted molar refractivity (Wildman–Crippen MR) is 88.0 cm³/mol. The van der Waals surface area contributed by atoms with E-state index in [9.17, 15) is 4.79 Å². The van der Waals surface area contributed by atoms with Gasteiger partial charge in [-0.2, -0.15) is 11.8 Å². The normalized spacial score (nSPS) is 9.79. The Labute approximate surface area is 123 Å². The Kier molecular flexibility index (Phi) is 7.28. The Balaban J connectivity index is 2.36. The van der Waals surface area contributed by atoms with Crippen molar-refractivity contribution in [3.8, 4) is 0 Å². The Morgan fingerprint density at radius 3 is 2.32 bits per heavy atom. The highest BCUT2D eigenvalue weighted by Crippen LogP contribution is 2.13. The minimum atomic E-state index is -0.0771. The Morgan fingerprint density at radius 2 is 1.79 bits per heavy atom. The van der Waals surface area contributed by atoms with Gasteiger partial charge in [0.05, 0.1) is 0 Å². The third kappa shape index (κ3) is 7.03. The summed E-state index contributed by atoms with van der Waals surface area (Å²) in [6, 6.07) is 7.42. The number of amides is 1. The van der Waals surface area contributed by atoms with Crippen molar-refractivity contribution in [1.29, 1.82) is 0 Å². The molecule has 0 aliphatic rings. The highest BCUT2D eigenvalue weighted by Gasteiger charge is 1.98. The Morgan fingerprint density at radius 1 is 1.21 bits per heavy atom. The molecule has 1 rings (SSSR count). The van der Waals surface area contributed by atoms with Crippen LogP contribution in [0.5, 0.6) is 0 Å². The summed E-state index contributed by atoms with van der Waals surface area (Å²) in [6.45, 7) is 2.36. The van der Waals surface area contributed by atoms with E-state index in [2.05, 4.69) is 22.2 Å². The van der Waals surface area contributed by atoms with Gasteiger partial charge in [-0.25, -0.2) is 0 Å². The van der Waals surface area contributed by atoms with Crippen LogP contribution in [0.2, 0.25) is 0 Å². The quantitative estimate of drug-likeness (QED) is 0.557. The summed E-state index contributed by atoms with van der Waals surface area (Å²) in [6.07, 6.45) is 3.18. The molecule has 1 aromatic carbocycles. The zero-order valence-electron chi connectivity index (χ0n) is 11.2. The average molecular weight is 297 g/mol.